The summed E-state index contributed by atoms with van der Waals surface area (Å²) in [5, 5.41) is 4.68. The van der Waals surface area contributed by atoms with Gasteiger partial charge < -0.3 is 10.1 Å². The SMILES string of the molecule is COc1c(C#CC(C)(C)C)ccc(C(=O)Nc2cccc3ccccc23)c1F. The van der Waals surface area contributed by atoms with Gasteiger partial charge >= 0.3 is 0 Å². The Labute approximate surface area is 164 Å². The lowest BCUT2D eigenvalue weighted by Gasteiger charge is -2.12. The normalized spacial score (nSPS) is 10.9. The quantitative estimate of drug-likeness (QED) is 0.602. The fraction of sp³-hybridized carbons (Fsp3) is 0.208. The number of methoxy groups -OCH3 is 1. The Hall–Kier alpha value is -3.32. The summed E-state index contributed by atoms with van der Waals surface area (Å²) < 4.78 is 20.2. The molecule has 3 aromatic carbocycles. The molecule has 4 heteroatoms. The highest BCUT2D eigenvalue weighted by Gasteiger charge is 2.19. The second-order valence-electron chi connectivity index (χ2n) is 7.49. The van der Waals surface area contributed by atoms with Gasteiger partial charge in [-0.3, -0.25) is 4.79 Å². The van der Waals surface area contributed by atoms with E-state index in [4.69, 9.17) is 4.74 Å². The maximum atomic E-state index is 15.0. The third-order valence-corrected chi connectivity index (χ3v) is 4.16. The predicted molar refractivity (Wildman–Crippen MR) is 111 cm³/mol. The number of ether oxygens (including phenoxy) is 1. The third kappa shape index (κ3) is 4.15. The molecule has 0 fully saturated rings. The summed E-state index contributed by atoms with van der Waals surface area (Å²) in [7, 11) is 1.37. The summed E-state index contributed by atoms with van der Waals surface area (Å²) in [5.74, 6) is 4.70. The van der Waals surface area contributed by atoms with E-state index in [-0.39, 0.29) is 16.7 Å². The number of nitrogens with one attached hydrogen (secondary N) is 1. The first-order valence-electron chi connectivity index (χ1n) is 8.99. The topological polar surface area (TPSA) is 38.3 Å². The number of rotatable bonds is 3. The zero-order valence-electron chi connectivity index (χ0n) is 16.4. The number of hydrogen-bond acceptors (Lipinski definition) is 2. The van der Waals surface area contributed by atoms with Crippen LogP contribution in [0.25, 0.3) is 10.8 Å². The number of benzene rings is 3. The van der Waals surface area contributed by atoms with Gasteiger partial charge in [-0.2, -0.15) is 0 Å². The van der Waals surface area contributed by atoms with E-state index in [0.717, 1.165) is 10.8 Å². The van der Waals surface area contributed by atoms with Gasteiger partial charge in [-0.1, -0.05) is 48.2 Å². The second-order valence-corrected chi connectivity index (χ2v) is 7.49. The van der Waals surface area contributed by atoms with E-state index >= 15 is 0 Å². The molecule has 1 N–H and O–H groups in total. The largest absolute Gasteiger partial charge is 0.492 e. The highest BCUT2D eigenvalue weighted by Crippen LogP contribution is 2.28. The minimum Gasteiger partial charge on any atom is -0.492 e. The van der Waals surface area contributed by atoms with Crippen LogP contribution in [0.3, 0.4) is 0 Å². The van der Waals surface area contributed by atoms with Gasteiger partial charge in [0.25, 0.3) is 5.91 Å². The molecule has 28 heavy (non-hydrogen) atoms. The fourth-order valence-electron chi connectivity index (χ4n) is 2.81. The zero-order valence-corrected chi connectivity index (χ0v) is 16.4. The highest BCUT2D eigenvalue weighted by molar-refractivity contribution is 6.09. The molecule has 1 amide bonds. The molecule has 3 nitrogen and oxygen atoms in total. The summed E-state index contributed by atoms with van der Waals surface area (Å²) in [6.07, 6.45) is 0. The number of carbonyl (C=O) groups excluding carboxylic acids is 1. The molecule has 0 aliphatic carbocycles. The summed E-state index contributed by atoms with van der Waals surface area (Å²) in [6.45, 7) is 5.90. The average Bonchev–Trinajstić information content (AvgIpc) is 2.66. The van der Waals surface area contributed by atoms with E-state index in [1.165, 1.54) is 13.2 Å². The Morgan fingerprint density at radius 3 is 2.46 bits per heavy atom. The lowest BCUT2D eigenvalue weighted by atomic mass is 9.97. The van der Waals surface area contributed by atoms with E-state index in [0.29, 0.717) is 11.3 Å². The molecule has 0 bridgehead atoms. The van der Waals surface area contributed by atoms with Crippen LogP contribution in [0.5, 0.6) is 5.75 Å². The summed E-state index contributed by atoms with van der Waals surface area (Å²) in [6, 6.07) is 16.3. The van der Waals surface area contributed by atoms with Crippen LogP contribution in [0.15, 0.2) is 54.6 Å². The molecule has 0 spiro atoms. The molecule has 3 aromatic rings. The number of carbonyl (C=O) groups is 1. The Morgan fingerprint density at radius 2 is 1.75 bits per heavy atom. The molecule has 0 saturated carbocycles. The average molecular weight is 375 g/mol. The standard InChI is InChI=1S/C24H22FNO2/c1-24(2,3)15-14-17-12-13-19(21(25)22(17)28-4)23(27)26-20-11-7-9-16-8-5-6-10-18(16)20/h5-13H,1-4H3,(H,26,27). The molecule has 0 aliphatic heterocycles. The van der Waals surface area contributed by atoms with Gasteiger partial charge in [-0.15, -0.1) is 0 Å². The summed E-state index contributed by atoms with van der Waals surface area (Å²) in [5.41, 5.74) is 0.715. The van der Waals surface area contributed by atoms with E-state index in [9.17, 15) is 9.18 Å². The second kappa shape index (κ2) is 7.74. The molecule has 0 aromatic heterocycles. The molecule has 0 aliphatic rings. The van der Waals surface area contributed by atoms with Gasteiger partial charge in [-0.25, -0.2) is 4.39 Å². The zero-order chi connectivity index (χ0) is 20.3. The summed E-state index contributed by atoms with van der Waals surface area (Å²) in [4.78, 5) is 12.7. The van der Waals surface area contributed by atoms with Crippen molar-refractivity contribution in [1.82, 2.24) is 0 Å². The van der Waals surface area contributed by atoms with Gasteiger partial charge in [0.2, 0.25) is 0 Å². The van der Waals surface area contributed by atoms with E-state index in [1.807, 2.05) is 57.2 Å². The third-order valence-electron chi connectivity index (χ3n) is 4.16. The lowest BCUT2D eigenvalue weighted by molar-refractivity contribution is 0.102. The first-order chi connectivity index (χ1) is 13.3. The van der Waals surface area contributed by atoms with Crippen molar-refractivity contribution in [2.24, 2.45) is 5.41 Å². The van der Waals surface area contributed by atoms with Crippen molar-refractivity contribution in [2.45, 2.75) is 20.8 Å². The van der Waals surface area contributed by atoms with Crippen LogP contribution < -0.4 is 10.1 Å². The minimum atomic E-state index is -0.721. The van der Waals surface area contributed by atoms with Gasteiger partial charge in [-0.05, 0) is 44.4 Å². The van der Waals surface area contributed by atoms with Crippen LogP contribution in [-0.2, 0) is 0 Å². The van der Waals surface area contributed by atoms with Crippen molar-refractivity contribution in [3.63, 3.8) is 0 Å². The van der Waals surface area contributed by atoms with Crippen molar-refractivity contribution in [2.75, 3.05) is 12.4 Å². The maximum absolute atomic E-state index is 15.0. The first-order valence-corrected chi connectivity index (χ1v) is 8.99. The van der Waals surface area contributed by atoms with Crippen molar-refractivity contribution >= 4 is 22.4 Å². The van der Waals surface area contributed by atoms with Crippen LogP contribution in [-0.4, -0.2) is 13.0 Å². The van der Waals surface area contributed by atoms with Crippen LogP contribution in [0.1, 0.15) is 36.7 Å². The lowest BCUT2D eigenvalue weighted by Crippen LogP contribution is -2.15. The molecule has 0 unspecified atom stereocenters. The Balaban J connectivity index is 1.97. The first kappa shape index (κ1) is 19.4. The molecule has 0 radical (unpaired) electrons. The highest BCUT2D eigenvalue weighted by atomic mass is 19.1. The monoisotopic (exact) mass is 375 g/mol. The van der Waals surface area contributed by atoms with Gasteiger partial charge in [0, 0.05) is 16.5 Å². The van der Waals surface area contributed by atoms with E-state index in [1.54, 1.807) is 12.1 Å². The molecule has 0 heterocycles. The Morgan fingerprint density at radius 1 is 1.04 bits per heavy atom. The summed E-state index contributed by atoms with van der Waals surface area (Å²) >= 11 is 0. The number of anilines is 1. The van der Waals surface area contributed by atoms with Crippen molar-refractivity contribution in [1.29, 1.82) is 0 Å². The van der Waals surface area contributed by atoms with Crippen LogP contribution >= 0.6 is 0 Å². The Kier molecular flexibility index (Phi) is 5.37. The molecule has 0 atom stereocenters. The number of halogens is 1. The van der Waals surface area contributed by atoms with Crippen LogP contribution in [0.4, 0.5) is 10.1 Å². The number of hydrogen-bond donors (Lipinski definition) is 1. The van der Waals surface area contributed by atoms with E-state index in [2.05, 4.69) is 17.2 Å². The van der Waals surface area contributed by atoms with Crippen LogP contribution in [0.2, 0.25) is 0 Å². The van der Waals surface area contributed by atoms with Gasteiger partial charge in [0.1, 0.15) is 0 Å². The fourth-order valence-corrected chi connectivity index (χ4v) is 2.81. The maximum Gasteiger partial charge on any atom is 0.258 e. The smallest absolute Gasteiger partial charge is 0.258 e. The van der Waals surface area contributed by atoms with E-state index < -0.39 is 11.7 Å². The van der Waals surface area contributed by atoms with Crippen molar-refractivity contribution in [3.8, 4) is 17.6 Å². The molecular weight excluding hydrogens is 353 g/mol. The predicted octanol–water partition coefficient (Wildman–Crippen LogP) is 5.64. The molecule has 142 valence electrons. The van der Waals surface area contributed by atoms with Gasteiger partial charge in [0.15, 0.2) is 11.6 Å². The van der Waals surface area contributed by atoms with Crippen molar-refractivity contribution in [3.05, 3.63) is 71.5 Å². The van der Waals surface area contributed by atoms with Crippen LogP contribution in [0, 0.1) is 23.1 Å². The molecule has 3 rings (SSSR count). The molecule has 0 saturated heterocycles. The minimum absolute atomic E-state index is 0.0256. The number of amides is 1. The van der Waals surface area contributed by atoms with Gasteiger partial charge in [0.05, 0.1) is 18.2 Å². The number of fused-ring (bicyclic) bond motifs is 1. The Bertz CT molecular complexity index is 1100. The molecular formula is C24H22FNO2. The van der Waals surface area contributed by atoms with Crippen molar-refractivity contribution < 1.29 is 13.9 Å².